The van der Waals surface area contributed by atoms with Crippen LogP contribution in [0.1, 0.15) is 18.1 Å². The predicted octanol–water partition coefficient (Wildman–Crippen LogP) is 2.72. The molecule has 1 aromatic carbocycles. The van der Waals surface area contributed by atoms with E-state index in [2.05, 4.69) is 46.5 Å². The molecule has 0 aliphatic carbocycles. The van der Waals surface area contributed by atoms with Gasteiger partial charge in [-0.1, -0.05) is 31.2 Å². The minimum atomic E-state index is 0.716. The van der Waals surface area contributed by atoms with Gasteiger partial charge in [0.2, 0.25) is 5.95 Å². The molecule has 0 bridgehead atoms. The molecule has 1 aromatic heterocycles. The summed E-state index contributed by atoms with van der Waals surface area (Å²) in [5, 5.41) is 3.35. The van der Waals surface area contributed by atoms with E-state index in [0.29, 0.717) is 5.95 Å². The van der Waals surface area contributed by atoms with Gasteiger partial charge in [-0.05, 0) is 23.6 Å². The smallest absolute Gasteiger partial charge is 0.226 e. The quantitative estimate of drug-likeness (QED) is 0.893. The molecule has 0 atom stereocenters. The molecule has 0 unspecified atom stereocenters. The van der Waals surface area contributed by atoms with Crippen molar-refractivity contribution in [3.05, 3.63) is 47.7 Å². The molecule has 0 aliphatic rings. The molecule has 0 saturated carbocycles. The van der Waals surface area contributed by atoms with Crippen molar-refractivity contribution in [3.63, 3.8) is 0 Å². The van der Waals surface area contributed by atoms with E-state index >= 15 is 0 Å². The molecule has 100 valence electrons. The zero-order chi connectivity index (χ0) is 13.7. The van der Waals surface area contributed by atoms with Crippen molar-refractivity contribution in [1.82, 2.24) is 9.97 Å². The highest BCUT2D eigenvalue weighted by Gasteiger charge is 2.02. The molecule has 0 radical (unpaired) electrons. The van der Waals surface area contributed by atoms with E-state index in [4.69, 9.17) is 0 Å². The van der Waals surface area contributed by atoms with Crippen molar-refractivity contribution >= 4 is 11.8 Å². The third-order valence-electron chi connectivity index (χ3n) is 3.00. The third-order valence-corrected chi connectivity index (χ3v) is 3.00. The highest BCUT2D eigenvalue weighted by atomic mass is 15.2. The van der Waals surface area contributed by atoms with Crippen molar-refractivity contribution in [3.8, 4) is 0 Å². The van der Waals surface area contributed by atoms with Crippen LogP contribution in [-0.4, -0.2) is 24.1 Å². The molecule has 2 rings (SSSR count). The fourth-order valence-corrected chi connectivity index (χ4v) is 1.92. The number of nitrogens with zero attached hydrogens (tertiary/aromatic N) is 3. The number of rotatable bonds is 5. The topological polar surface area (TPSA) is 41.1 Å². The molecule has 0 amide bonds. The first-order valence-electron chi connectivity index (χ1n) is 6.51. The first-order valence-corrected chi connectivity index (χ1v) is 6.51. The Balaban J connectivity index is 2.08. The molecule has 4 heteroatoms. The van der Waals surface area contributed by atoms with Crippen LogP contribution in [-0.2, 0) is 13.0 Å². The second-order valence-electron chi connectivity index (χ2n) is 4.61. The Morgan fingerprint density at radius 3 is 2.53 bits per heavy atom. The lowest BCUT2D eigenvalue weighted by molar-refractivity contribution is 0.980. The normalized spacial score (nSPS) is 10.3. The Morgan fingerprint density at radius 1 is 1.11 bits per heavy atom. The average molecular weight is 256 g/mol. The van der Waals surface area contributed by atoms with Gasteiger partial charge in [0, 0.05) is 26.8 Å². The number of nitrogens with one attached hydrogen (secondary N) is 1. The van der Waals surface area contributed by atoms with E-state index in [1.54, 1.807) is 6.20 Å². The monoisotopic (exact) mass is 256 g/mol. The summed E-state index contributed by atoms with van der Waals surface area (Å²) in [6, 6.07) is 10.4. The van der Waals surface area contributed by atoms with Gasteiger partial charge in [0.1, 0.15) is 5.82 Å². The van der Waals surface area contributed by atoms with Crippen molar-refractivity contribution in [2.24, 2.45) is 0 Å². The van der Waals surface area contributed by atoms with Crippen molar-refractivity contribution in [2.75, 3.05) is 24.3 Å². The Hall–Kier alpha value is -2.10. The second-order valence-corrected chi connectivity index (χ2v) is 4.61. The van der Waals surface area contributed by atoms with Gasteiger partial charge in [0.25, 0.3) is 0 Å². The summed E-state index contributed by atoms with van der Waals surface area (Å²) in [6.45, 7) is 2.96. The SMILES string of the molecule is CCc1ccccc1CNc1ccnc(N(C)C)n1. The first kappa shape index (κ1) is 13.3. The molecule has 2 aromatic rings. The maximum atomic E-state index is 4.45. The maximum absolute atomic E-state index is 4.45. The third kappa shape index (κ3) is 3.44. The fourth-order valence-electron chi connectivity index (χ4n) is 1.92. The molecule has 19 heavy (non-hydrogen) atoms. The summed E-state index contributed by atoms with van der Waals surface area (Å²) < 4.78 is 0. The van der Waals surface area contributed by atoms with E-state index in [0.717, 1.165) is 18.8 Å². The Kier molecular flexibility index (Phi) is 4.34. The summed E-state index contributed by atoms with van der Waals surface area (Å²) in [7, 11) is 3.87. The zero-order valence-corrected chi connectivity index (χ0v) is 11.7. The van der Waals surface area contributed by atoms with Crippen LogP contribution >= 0.6 is 0 Å². The van der Waals surface area contributed by atoms with Gasteiger partial charge in [0.15, 0.2) is 0 Å². The van der Waals surface area contributed by atoms with Crippen molar-refractivity contribution in [2.45, 2.75) is 19.9 Å². The summed E-state index contributed by atoms with van der Waals surface area (Å²) in [5.74, 6) is 1.57. The first-order chi connectivity index (χ1) is 9.20. The van der Waals surface area contributed by atoms with Crippen LogP contribution in [0.2, 0.25) is 0 Å². The van der Waals surface area contributed by atoms with E-state index < -0.39 is 0 Å². The number of hydrogen-bond acceptors (Lipinski definition) is 4. The highest BCUT2D eigenvalue weighted by Crippen LogP contribution is 2.13. The van der Waals surface area contributed by atoms with Crippen LogP contribution < -0.4 is 10.2 Å². The Morgan fingerprint density at radius 2 is 1.84 bits per heavy atom. The van der Waals surface area contributed by atoms with Gasteiger partial charge < -0.3 is 10.2 Å². The van der Waals surface area contributed by atoms with E-state index in [1.165, 1.54) is 11.1 Å². The minimum absolute atomic E-state index is 0.716. The minimum Gasteiger partial charge on any atom is -0.366 e. The molecule has 4 nitrogen and oxygen atoms in total. The Bertz CT molecular complexity index is 537. The highest BCUT2D eigenvalue weighted by molar-refractivity contribution is 5.41. The predicted molar refractivity (Wildman–Crippen MR) is 79.5 cm³/mol. The molecular weight excluding hydrogens is 236 g/mol. The van der Waals surface area contributed by atoms with Gasteiger partial charge in [-0.3, -0.25) is 0 Å². The number of benzene rings is 1. The van der Waals surface area contributed by atoms with Crippen molar-refractivity contribution < 1.29 is 0 Å². The molecule has 0 spiro atoms. The molecule has 1 N–H and O–H groups in total. The second kappa shape index (κ2) is 6.18. The molecule has 0 saturated heterocycles. The van der Waals surface area contributed by atoms with Crippen LogP contribution in [0, 0.1) is 0 Å². The molecule has 1 heterocycles. The zero-order valence-electron chi connectivity index (χ0n) is 11.7. The van der Waals surface area contributed by atoms with Crippen molar-refractivity contribution in [1.29, 1.82) is 0 Å². The molecular formula is C15H20N4. The summed E-state index contributed by atoms with van der Waals surface area (Å²) in [4.78, 5) is 10.5. The maximum Gasteiger partial charge on any atom is 0.226 e. The van der Waals surface area contributed by atoms with Crippen LogP contribution in [0.5, 0.6) is 0 Å². The van der Waals surface area contributed by atoms with Crippen LogP contribution in [0.3, 0.4) is 0 Å². The number of hydrogen-bond donors (Lipinski definition) is 1. The van der Waals surface area contributed by atoms with Crippen LogP contribution in [0.4, 0.5) is 11.8 Å². The summed E-state index contributed by atoms with van der Waals surface area (Å²) >= 11 is 0. The Labute approximate surface area is 114 Å². The fraction of sp³-hybridized carbons (Fsp3) is 0.333. The van der Waals surface area contributed by atoms with Gasteiger partial charge in [-0.2, -0.15) is 4.98 Å². The standard InChI is InChI=1S/C15H20N4/c1-4-12-7-5-6-8-13(12)11-17-14-9-10-16-15(18-14)19(2)3/h5-10H,4,11H2,1-3H3,(H,16,17,18). The van der Waals surface area contributed by atoms with Gasteiger partial charge in [0.05, 0.1) is 0 Å². The largest absolute Gasteiger partial charge is 0.366 e. The van der Waals surface area contributed by atoms with Crippen LogP contribution in [0.25, 0.3) is 0 Å². The van der Waals surface area contributed by atoms with Gasteiger partial charge in [-0.15, -0.1) is 0 Å². The lowest BCUT2D eigenvalue weighted by Gasteiger charge is -2.13. The van der Waals surface area contributed by atoms with Gasteiger partial charge >= 0.3 is 0 Å². The van der Waals surface area contributed by atoms with E-state index in [-0.39, 0.29) is 0 Å². The average Bonchev–Trinajstić information content (AvgIpc) is 2.45. The lowest BCUT2D eigenvalue weighted by atomic mass is 10.1. The van der Waals surface area contributed by atoms with Gasteiger partial charge in [-0.25, -0.2) is 4.98 Å². The van der Waals surface area contributed by atoms with E-state index in [9.17, 15) is 0 Å². The van der Waals surface area contributed by atoms with E-state index in [1.807, 2.05) is 25.1 Å². The molecule has 0 fully saturated rings. The lowest BCUT2D eigenvalue weighted by Crippen LogP contribution is -2.13. The number of anilines is 2. The number of aryl methyl sites for hydroxylation is 1. The summed E-state index contributed by atoms with van der Waals surface area (Å²) in [6.07, 6.45) is 2.82. The number of aromatic nitrogens is 2. The summed E-state index contributed by atoms with van der Waals surface area (Å²) in [5.41, 5.74) is 2.69. The molecule has 0 aliphatic heterocycles. The van der Waals surface area contributed by atoms with Crippen LogP contribution in [0.15, 0.2) is 36.5 Å².